The standard InChI is InChI=1S/C30H35Cl3N6O3S/c1-21-25(30(33)39(35-21)20-22-6-7-23(31)18-26(22)32)9-11-29(40)34-27-19-24(43(41,42)38-12-4-3-5-13-38)8-10-28(27)37-16-14-36(2)15-17-37/h6-11,18-19H,3-5,12-17,20H2,1-2H3,(H,34,40)/b11-9+. The van der Waals surface area contributed by atoms with Gasteiger partial charge >= 0.3 is 0 Å². The Bertz CT molecular complexity index is 1630. The number of sulfonamides is 1. The number of anilines is 2. The molecule has 0 atom stereocenters. The minimum atomic E-state index is -3.68. The average Bonchev–Trinajstić information content (AvgIpc) is 3.25. The first-order valence-corrected chi connectivity index (χ1v) is 16.8. The molecule has 3 heterocycles. The molecule has 0 bridgehead atoms. The second-order valence-corrected chi connectivity index (χ2v) is 14.1. The lowest BCUT2D eigenvalue weighted by Gasteiger charge is -2.35. The zero-order valence-electron chi connectivity index (χ0n) is 24.2. The predicted molar refractivity (Wildman–Crippen MR) is 174 cm³/mol. The molecule has 0 saturated carbocycles. The van der Waals surface area contributed by atoms with Crippen LogP contribution in [0.2, 0.25) is 15.2 Å². The van der Waals surface area contributed by atoms with E-state index in [1.165, 1.54) is 10.4 Å². The van der Waals surface area contributed by atoms with Crippen LogP contribution in [0.5, 0.6) is 0 Å². The molecule has 5 rings (SSSR count). The third-order valence-electron chi connectivity index (χ3n) is 7.87. The quantitative estimate of drug-likeness (QED) is 0.307. The number of rotatable bonds is 8. The lowest BCUT2D eigenvalue weighted by atomic mass is 10.2. The minimum Gasteiger partial charge on any atom is -0.367 e. The summed E-state index contributed by atoms with van der Waals surface area (Å²) in [6, 6.07) is 10.3. The summed E-state index contributed by atoms with van der Waals surface area (Å²) in [7, 11) is -1.61. The van der Waals surface area contributed by atoms with Gasteiger partial charge in [-0.15, -0.1) is 0 Å². The van der Waals surface area contributed by atoms with E-state index in [9.17, 15) is 13.2 Å². The zero-order valence-corrected chi connectivity index (χ0v) is 27.3. The number of hydrogen-bond acceptors (Lipinski definition) is 6. The van der Waals surface area contributed by atoms with Gasteiger partial charge in [-0.2, -0.15) is 9.40 Å². The number of nitrogens with zero attached hydrogens (tertiary/aromatic N) is 5. The third kappa shape index (κ3) is 7.38. The van der Waals surface area contributed by atoms with Gasteiger partial charge in [-0.05, 0) is 68.8 Å². The van der Waals surface area contributed by atoms with Crippen molar-refractivity contribution >= 4 is 68.2 Å². The molecule has 2 aliphatic heterocycles. The number of nitrogens with one attached hydrogen (secondary N) is 1. The summed E-state index contributed by atoms with van der Waals surface area (Å²) < 4.78 is 30.1. The van der Waals surface area contributed by atoms with E-state index in [2.05, 4.69) is 27.3 Å². The van der Waals surface area contributed by atoms with Crippen LogP contribution in [0.25, 0.3) is 6.08 Å². The number of piperidine rings is 1. The van der Waals surface area contributed by atoms with Crippen LogP contribution < -0.4 is 10.2 Å². The molecule has 0 aliphatic carbocycles. The van der Waals surface area contributed by atoms with Gasteiger partial charge in [0, 0.05) is 61.0 Å². The van der Waals surface area contributed by atoms with Gasteiger partial charge in [0.25, 0.3) is 0 Å². The maximum absolute atomic E-state index is 13.5. The van der Waals surface area contributed by atoms with Crippen molar-refractivity contribution in [3.8, 4) is 0 Å². The third-order valence-corrected chi connectivity index (χ3v) is 10.7. The Morgan fingerprint density at radius 2 is 1.70 bits per heavy atom. The monoisotopic (exact) mass is 664 g/mol. The SMILES string of the molecule is Cc1nn(Cc2ccc(Cl)cc2Cl)c(Cl)c1/C=C/C(=O)Nc1cc(S(=O)(=O)N2CCCCC2)ccc1N1CCN(C)CC1. The molecule has 0 spiro atoms. The number of halogens is 3. The number of hydrogen-bond donors (Lipinski definition) is 1. The first-order valence-electron chi connectivity index (χ1n) is 14.3. The van der Waals surface area contributed by atoms with E-state index >= 15 is 0 Å². The summed E-state index contributed by atoms with van der Waals surface area (Å²) in [5, 5.41) is 8.87. The molecule has 2 aliphatic rings. The van der Waals surface area contributed by atoms with Gasteiger partial charge in [0.05, 0.1) is 28.5 Å². The van der Waals surface area contributed by atoms with E-state index in [1.54, 1.807) is 41.1 Å². The average molecular weight is 666 g/mol. The Hall–Kier alpha value is -2.60. The first-order chi connectivity index (χ1) is 20.5. The number of carbonyl (C=O) groups is 1. The van der Waals surface area contributed by atoms with Crippen LogP contribution in [0.4, 0.5) is 11.4 Å². The first kappa shape index (κ1) is 31.8. The fraction of sp³-hybridized carbons (Fsp3) is 0.400. The summed E-state index contributed by atoms with van der Waals surface area (Å²) in [4.78, 5) is 17.8. The van der Waals surface area contributed by atoms with Crippen LogP contribution >= 0.6 is 34.8 Å². The molecule has 2 fully saturated rings. The van der Waals surface area contributed by atoms with Crippen molar-refractivity contribution in [1.29, 1.82) is 0 Å². The summed E-state index contributed by atoms with van der Waals surface area (Å²) in [5.74, 6) is -0.410. The fourth-order valence-corrected chi connectivity index (χ4v) is 7.67. The Balaban J connectivity index is 1.38. The Morgan fingerprint density at radius 3 is 2.40 bits per heavy atom. The van der Waals surface area contributed by atoms with Crippen LogP contribution in [0.3, 0.4) is 0 Å². The van der Waals surface area contributed by atoms with Crippen LogP contribution in [0, 0.1) is 6.92 Å². The van der Waals surface area contributed by atoms with Crippen LogP contribution in [0.15, 0.2) is 47.4 Å². The molecule has 43 heavy (non-hydrogen) atoms. The van der Waals surface area contributed by atoms with Crippen molar-refractivity contribution in [2.75, 3.05) is 56.5 Å². The molecule has 2 aromatic carbocycles. The molecule has 2 saturated heterocycles. The van der Waals surface area contributed by atoms with Crippen molar-refractivity contribution in [2.45, 2.75) is 37.6 Å². The van der Waals surface area contributed by atoms with Crippen molar-refractivity contribution in [1.82, 2.24) is 19.0 Å². The van der Waals surface area contributed by atoms with Crippen LogP contribution in [-0.4, -0.2) is 79.6 Å². The maximum Gasteiger partial charge on any atom is 0.248 e. The highest BCUT2D eigenvalue weighted by molar-refractivity contribution is 7.89. The molecule has 9 nitrogen and oxygen atoms in total. The topological polar surface area (TPSA) is 90.8 Å². The predicted octanol–water partition coefficient (Wildman–Crippen LogP) is 5.78. The normalized spacial score (nSPS) is 17.1. The summed E-state index contributed by atoms with van der Waals surface area (Å²) in [5.41, 5.74) is 3.29. The number of carbonyl (C=O) groups excluding carboxylic acids is 1. The lowest BCUT2D eigenvalue weighted by Crippen LogP contribution is -2.44. The highest BCUT2D eigenvalue weighted by atomic mass is 35.5. The molecular weight excluding hydrogens is 631 g/mol. The van der Waals surface area contributed by atoms with E-state index in [0.717, 1.165) is 56.7 Å². The summed E-state index contributed by atoms with van der Waals surface area (Å²) >= 11 is 19.0. The van der Waals surface area contributed by atoms with Crippen molar-refractivity contribution in [2.24, 2.45) is 0 Å². The highest BCUT2D eigenvalue weighted by Crippen LogP contribution is 2.32. The number of benzene rings is 2. The Labute approximate surface area is 268 Å². The molecule has 13 heteroatoms. The number of aryl methyl sites for hydroxylation is 1. The molecular formula is C30H35Cl3N6O3S. The molecule has 1 amide bonds. The van der Waals surface area contributed by atoms with Crippen molar-refractivity contribution in [3.63, 3.8) is 0 Å². The van der Waals surface area contributed by atoms with Gasteiger partial charge in [0.2, 0.25) is 15.9 Å². The van der Waals surface area contributed by atoms with Gasteiger partial charge in [-0.25, -0.2) is 13.1 Å². The number of amides is 1. The molecule has 3 aromatic rings. The van der Waals surface area contributed by atoms with Gasteiger partial charge in [0.1, 0.15) is 5.15 Å². The molecule has 1 aromatic heterocycles. The van der Waals surface area contributed by atoms with E-state index in [0.29, 0.717) is 51.8 Å². The number of piperazine rings is 1. The van der Waals surface area contributed by atoms with E-state index in [1.807, 2.05) is 13.0 Å². The Kier molecular flexibility index (Phi) is 10.0. The summed E-state index contributed by atoms with van der Waals surface area (Å²) in [6.45, 7) is 6.41. The smallest absolute Gasteiger partial charge is 0.248 e. The van der Waals surface area contributed by atoms with Gasteiger partial charge in [0.15, 0.2) is 0 Å². The fourth-order valence-electron chi connectivity index (χ4n) is 5.36. The van der Waals surface area contributed by atoms with E-state index in [-0.39, 0.29) is 4.90 Å². The Morgan fingerprint density at radius 1 is 0.977 bits per heavy atom. The van der Waals surface area contributed by atoms with Crippen LogP contribution in [0.1, 0.15) is 36.1 Å². The molecule has 0 unspecified atom stereocenters. The highest BCUT2D eigenvalue weighted by Gasteiger charge is 2.28. The molecule has 230 valence electrons. The number of likely N-dealkylation sites (N-methyl/N-ethyl adjacent to an activating group) is 1. The molecule has 1 N–H and O–H groups in total. The van der Waals surface area contributed by atoms with E-state index in [4.69, 9.17) is 34.8 Å². The lowest BCUT2D eigenvalue weighted by molar-refractivity contribution is -0.111. The number of aromatic nitrogens is 2. The van der Waals surface area contributed by atoms with Gasteiger partial charge in [-0.1, -0.05) is 47.3 Å². The van der Waals surface area contributed by atoms with E-state index < -0.39 is 15.9 Å². The summed E-state index contributed by atoms with van der Waals surface area (Å²) in [6.07, 6.45) is 5.72. The van der Waals surface area contributed by atoms with Gasteiger partial charge in [-0.3, -0.25) is 4.79 Å². The second kappa shape index (κ2) is 13.6. The van der Waals surface area contributed by atoms with Crippen LogP contribution in [-0.2, 0) is 21.4 Å². The zero-order chi connectivity index (χ0) is 30.7. The van der Waals surface area contributed by atoms with Gasteiger partial charge < -0.3 is 15.1 Å². The second-order valence-electron chi connectivity index (χ2n) is 10.9. The minimum absolute atomic E-state index is 0.174. The van der Waals surface area contributed by atoms with Crippen molar-refractivity contribution in [3.05, 3.63) is 74.5 Å². The largest absolute Gasteiger partial charge is 0.367 e. The molecule has 0 radical (unpaired) electrons. The maximum atomic E-state index is 13.5. The van der Waals surface area contributed by atoms with Crippen molar-refractivity contribution < 1.29 is 13.2 Å².